The fourth-order valence-corrected chi connectivity index (χ4v) is 3.48. The van der Waals surface area contributed by atoms with Crippen LogP contribution in [0.2, 0.25) is 0 Å². The molecule has 2 aromatic carbocycles. The first-order valence-electron chi connectivity index (χ1n) is 9.81. The second-order valence-electron chi connectivity index (χ2n) is 7.03. The molecule has 0 aliphatic carbocycles. The molecule has 0 aromatic heterocycles. The summed E-state index contributed by atoms with van der Waals surface area (Å²) in [5.41, 5.74) is 2.71. The highest BCUT2D eigenvalue weighted by molar-refractivity contribution is 8.18. The predicted molar refractivity (Wildman–Crippen MR) is 124 cm³/mol. The third-order valence-electron chi connectivity index (χ3n) is 4.33. The number of benzene rings is 2. The summed E-state index contributed by atoms with van der Waals surface area (Å²) in [5, 5.41) is 3.32. The average molecular weight is 440 g/mol. The lowest BCUT2D eigenvalue weighted by molar-refractivity contribution is -0.130. The Balaban J connectivity index is 1.77. The number of nitrogens with zero attached hydrogens (tertiary/aromatic N) is 2. The highest BCUT2D eigenvalue weighted by atomic mass is 32.2. The van der Waals surface area contributed by atoms with Crippen LogP contribution in [-0.4, -0.2) is 49.2 Å². The minimum atomic E-state index is -0.203. The van der Waals surface area contributed by atoms with Gasteiger partial charge in [0.05, 0.1) is 17.2 Å². The van der Waals surface area contributed by atoms with Gasteiger partial charge in [-0.25, -0.2) is 4.99 Å². The number of nitrogens with one attached hydrogen (secondary N) is 1. The Kier molecular flexibility index (Phi) is 7.36. The monoisotopic (exact) mass is 439 g/mol. The second-order valence-corrected chi connectivity index (χ2v) is 8.06. The van der Waals surface area contributed by atoms with Crippen molar-refractivity contribution in [2.75, 3.05) is 27.3 Å². The number of carbonyl (C=O) groups is 2. The molecule has 1 aliphatic rings. The summed E-state index contributed by atoms with van der Waals surface area (Å²) in [6, 6.07) is 13.1. The van der Waals surface area contributed by atoms with Gasteiger partial charge >= 0.3 is 0 Å². The molecule has 0 bridgehead atoms. The Morgan fingerprint density at radius 3 is 2.55 bits per heavy atom. The molecule has 2 aromatic rings. The standard InChI is InChI=1S/C23H25N3O4S/c1-5-29-19-12-16(8-11-18(19)30-14-21(27)26(3)4)13-20-22(28)25-23(31-20)24-17-9-6-15(2)7-10-17/h6-13H,5,14H2,1-4H3,(H,24,25,28). The number of amides is 2. The van der Waals surface area contributed by atoms with Gasteiger partial charge in [-0.15, -0.1) is 0 Å². The Morgan fingerprint density at radius 2 is 1.87 bits per heavy atom. The molecule has 0 atom stereocenters. The largest absolute Gasteiger partial charge is 0.490 e. The van der Waals surface area contributed by atoms with Gasteiger partial charge in [0.2, 0.25) is 0 Å². The molecule has 8 heteroatoms. The van der Waals surface area contributed by atoms with E-state index in [1.54, 1.807) is 32.3 Å². The molecule has 1 heterocycles. The van der Waals surface area contributed by atoms with Crippen LogP contribution in [0.25, 0.3) is 6.08 Å². The number of thioether (sulfide) groups is 1. The lowest BCUT2D eigenvalue weighted by atomic mass is 10.2. The maximum Gasteiger partial charge on any atom is 0.264 e. The van der Waals surface area contributed by atoms with Gasteiger partial charge in [0.25, 0.3) is 11.8 Å². The van der Waals surface area contributed by atoms with Gasteiger partial charge < -0.3 is 19.7 Å². The first-order chi connectivity index (χ1) is 14.9. The number of carbonyl (C=O) groups excluding carboxylic acids is 2. The summed E-state index contributed by atoms with van der Waals surface area (Å²) >= 11 is 1.28. The fourth-order valence-electron chi connectivity index (χ4n) is 2.64. The summed E-state index contributed by atoms with van der Waals surface area (Å²) in [5.74, 6) is 0.642. The molecule has 0 unspecified atom stereocenters. The van der Waals surface area contributed by atoms with Crippen LogP contribution in [0.3, 0.4) is 0 Å². The topological polar surface area (TPSA) is 80.2 Å². The molecule has 1 aliphatic heterocycles. The third-order valence-corrected chi connectivity index (χ3v) is 5.24. The molecule has 162 valence electrons. The second kappa shape index (κ2) is 10.2. The molecule has 3 rings (SSSR count). The number of ether oxygens (including phenoxy) is 2. The molecule has 7 nitrogen and oxygen atoms in total. The van der Waals surface area contributed by atoms with Crippen molar-refractivity contribution < 1.29 is 19.1 Å². The first-order valence-corrected chi connectivity index (χ1v) is 10.6. The molecule has 31 heavy (non-hydrogen) atoms. The van der Waals surface area contributed by atoms with Crippen molar-refractivity contribution in [1.29, 1.82) is 0 Å². The van der Waals surface area contributed by atoms with Gasteiger partial charge in [-0.1, -0.05) is 23.8 Å². The highest BCUT2D eigenvalue weighted by Gasteiger charge is 2.24. The fraction of sp³-hybridized carbons (Fsp3) is 0.261. The predicted octanol–water partition coefficient (Wildman–Crippen LogP) is 3.75. The first kappa shape index (κ1) is 22.4. The van der Waals surface area contributed by atoms with Gasteiger partial charge in [-0.3, -0.25) is 9.59 Å². The summed E-state index contributed by atoms with van der Waals surface area (Å²) in [6.07, 6.45) is 1.77. The van der Waals surface area contributed by atoms with E-state index in [2.05, 4.69) is 10.3 Å². The van der Waals surface area contributed by atoms with E-state index in [1.165, 1.54) is 16.7 Å². The Bertz CT molecular complexity index is 1030. The molecule has 1 N–H and O–H groups in total. The maximum atomic E-state index is 12.4. The van der Waals surface area contributed by atoms with Crippen LogP contribution in [-0.2, 0) is 9.59 Å². The molecule has 0 saturated carbocycles. The zero-order chi connectivity index (χ0) is 22.4. The number of hydrogen-bond donors (Lipinski definition) is 1. The zero-order valence-electron chi connectivity index (χ0n) is 18.0. The molecule has 1 fully saturated rings. The number of rotatable bonds is 7. The van der Waals surface area contributed by atoms with Crippen molar-refractivity contribution in [2.24, 2.45) is 4.99 Å². The van der Waals surface area contributed by atoms with Crippen LogP contribution < -0.4 is 14.8 Å². The van der Waals surface area contributed by atoms with Crippen LogP contribution in [0.15, 0.2) is 52.4 Å². The SMILES string of the molecule is CCOc1cc(C=C2SC(=Nc3ccc(C)cc3)NC2=O)ccc1OCC(=O)N(C)C. The average Bonchev–Trinajstić information content (AvgIpc) is 3.07. The molecular formula is C23H25N3O4S. The number of hydrogen-bond acceptors (Lipinski definition) is 6. The smallest absolute Gasteiger partial charge is 0.264 e. The highest BCUT2D eigenvalue weighted by Crippen LogP contribution is 2.32. The summed E-state index contributed by atoms with van der Waals surface area (Å²) in [6.45, 7) is 4.25. The molecule has 1 saturated heterocycles. The van der Waals surface area contributed by atoms with Crippen molar-refractivity contribution in [2.45, 2.75) is 13.8 Å². The van der Waals surface area contributed by atoms with Crippen molar-refractivity contribution in [3.63, 3.8) is 0 Å². The summed E-state index contributed by atoms with van der Waals surface area (Å²) in [4.78, 5) is 30.6. The number of likely N-dealkylation sites (N-methyl/N-ethyl adjacent to an activating group) is 1. The van der Waals surface area contributed by atoms with Crippen molar-refractivity contribution in [3.05, 3.63) is 58.5 Å². The van der Waals surface area contributed by atoms with Crippen molar-refractivity contribution >= 4 is 40.5 Å². The summed E-state index contributed by atoms with van der Waals surface area (Å²) in [7, 11) is 3.34. The van der Waals surface area contributed by atoms with E-state index in [9.17, 15) is 9.59 Å². The van der Waals surface area contributed by atoms with E-state index >= 15 is 0 Å². The van der Waals surface area contributed by atoms with Gasteiger partial charge in [-0.2, -0.15) is 0 Å². The van der Waals surface area contributed by atoms with Crippen LogP contribution >= 0.6 is 11.8 Å². The molecule has 2 amide bonds. The quantitative estimate of drug-likeness (QED) is 0.665. The molecule has 0 spiro atoms. The maximum absolute atomic E-state index is 12.4. The normalized spacial score (nSPS) is 15.8. The van der Waals surface area contributed by atoms with Crippen molar-refractivity contribution in [3.8, 4) is 11.5 Å². The molecular weight excluding hydrogens is 414 g/mol. The van der Waals surface area contributed by atoms with E-state index < -0.39 is 0 Å². The Hall–Kier alpha value is -3.26. The Labute approximate surface area is 186 Å². The lowest BCUT2D eigenvalue weighted by Crippen LogP contribution is -2.27. The van der Waals surface area contributed by atoms with Gasteiger partial charge in [-0.05, 0) is 61.5 Å². The minimum Gasteiger partial charge on any atom is -0.490 e. The Morgan fingerprint density at radius 1 is 1.13 bits per heavy atom. The van der Waals surface area contributed by atoms with Gasteiger partial charge in [0.1, 0.15) is 0 Å². The van der Waals surface area contributed by atoms with Crippen molar-refractivity contribution in [1.82, 2.24) is 10.2 Å². The molecule has 0 radical (unpaired) electrons. The van der Waals surface area contributed by atoms with E-state index in [4.69, 9.17) is 9.47 Å². The van der Waals surface area contributed by atoms with Crippen LogP contribution in [0.4, 0.5) is 5.69 Å². The van der Waals surface area contributed by atoms with E-state index in [0.717, 1.165) is 16.8 Å². The third kappa shape index (κ3) is 6.11. The van der Waals surface area contributed by atoms with E-state index in [0.29, 0.717) is 28.2 Å². The van der Waals surface area contributed by atoms with E-state index in [-0.39, 0.29) is 18.4 Å². The van der Waals surface area contributed by atoms with Crippen LogP contribution in [0.1, 0.15) is 18.1 Å². The minimum absolute atomic E-state index is 0.0788. The summed E-state index contributed by atoms with van der Waals surface area (Å²) < 4.78 is 11.3. The van der Waals surface area contributed by atoms with Crippen LogP contribution in [0.5, 0.6) is 11.5 Å². The number of aliphatic imine (C=N–C) groups is 1. The zero-order valence-corrected chi connectivity index (χ0v) is 18.8. The van der Waals surface area contributed by atoms with E-state index in [1.807, 2.05) is 44.2 Å². The lowest BCUT2D eigenvalue weighted by Gasteiger charge is -2.14. The van der Waals surface area contributed by atoms with Gasteiger partial charge in [0, 0.05) is 14.1 Å². The number of amidine groups is 1. The van der Waals surface area contributed by atoms with Crippen LogP contribution in [0, 0.1) is 6.92 Å². The number of aryl methyl sites for hydroxylation is 1. The van der Waals surface area contributed by atoms with Gasteiger partial charge in [0.15, 0.2) is 23.3 Å².